The van der Waals surface area contributed by atoms with Crippen molar-refractivity contribution in [1.82, 2.24) is 4.98 Å². The standard InChI is InChI=1S/C19H19NO3/c1-12-6-7-17(11-20-12)19(22)23-13(2)18(21)16-9-8-14-4-3-5-15(14)10-16/h6-11,13H,3-5H2,1-2H3/t13-/m1/s1. The van der Waals surface area contributed by atoms with Gasteiger partial charge >= 0.3 is 5.97 Å². The molecule has 1 atom stereocenters. The molecule has 3 rings (SSSR count). The van der Waals surface area contributed by atoms with E-state index in [2.05, 4.69) is 4.98 Å². The Hall–Kier alpha value is -2.49. The summed E-state index contributed by atoms with van der Waals surface area (Å²) in [5.41, 5.74) is 4.33. The number of aromatic nitrogens is 1. The number of rotatable bonds is 4. The fraction of sp³-hybridized carbons (Fsp3) is 0.316. The number of carbonyl (C=O) groups excluding carboxylic acids is 2. The fourth-order valence-electron chi connectivity index (χ4n) is 2.83. The van der Waals surface area contributed by atoms with E-state index >= 15 is 0 Å². The number of benzene rings is 1. The zero-order valence-electron chi connectivity index (χ0n) is 13.3. The third-order valence-electron chi connectivity index (χ3n) is 4.18. The molecule has 0 bridgehead atoms. The minimum Gasteiger partial charge on any atom is -0.451 e. The Morgan fingerprint density at radius 2 is 1.83 bits per heavy atom. The molecule has 0 radical (unpaired) electrons. The molecule has 0 amide bonds. The maximum Gasteiger partial charge on any atom is 0.340 e. The monoisotopic (exact) mass is 309 g/mol. The summed E-state index contributed by atoms with van der Waals surface area (Å²) >= 11 is 0. The molecule has 118 valence electrons. The zero-order chi connectivity index (χ0) is 16.4. The van der Waals surface area contributed by atoms with Gasteiger partial charge in [0.2, 0.25) is 5.78 Å². The molecule has 1 aromatic heterocycles. The number of ketones is 1. The molecule has 23 heavy (non-hydrogen) atoms. The van der Waals surface area contributed by atoms with Gasteiger partial charge in [-0.05, 0) is 62.4 Å². The maximum atomic E-state index is 12.5. The van der Waals surface area contributed by atoms with Crippen molar-refractivity contribution < 1.29 is 14.3 Å². The van der Waals surface area contributed by atoms with Gasteiger partial charge in [-0.3, -0.25) is 9.78 Å². The second-order valence-electron chi connectivity index (χ2n) is 5.94. The van der Waals surface area contributed by atoms with Crippen LogP contribution in [0.1, 0.15) is 50.9 Å². The molecule has 1 heterocycles. The Morgan fingerprint density at radius 3 is 2.57 bits per heavy atom. The number of carbonyl (C=O) groups is 2. The molecule has 0 fully saturated rings. The van der Waals surface area contributed by atoms with Crippen LogP contribution in [0.2, 0.25) is 0 Å². The number of pyridine rings is 1. The van der Waals surface area contributed by atoms with Gasteiger partial charge in [0, 0.05) is 17.5 Å². The highest BCUT2D eigenvalue weighted by atomic mass is 16.5. The minimum absolute atomic E-state index is 0.173. The largest absolute Gasteiger partial charge is 0.451 e. The van der Waals surface area contributed by atoms with Crippen LogP contribution in [0.5, 0.6) is 0 Å². The summed E-state index contributed by atoms with van der Waals surface area (Å²) < 4.78 is 5.28. The summed E-state index contributed by atoms with van der Waals surface area (Å²) in [5, 5.41) is 0. The van der Waals surface area contributed by atoms with Crippen molar-refractivity contribution >= 4 is 11.8 Å². The Kier molecular flexibility index (Phi) is 4.24. The molecule has 0 unspecified atom stereocenters. The van der Waals surface area contributed by atoms with Gasteiger partial charge in [0.1, 0.15) is 0 Å². The van der Waals surface area contributed by atoms with Crippen molar-refractivity contribution in [2.75, 3.05) is 0 Å². The van der Waals surface area contributed by atoms with Gasteiger partial charge in [-0.15, -0.1) is 0 Å². The van der Waals surface area contributed by atoms with Crippen LogP contribution in [-0.2, 0) is 17.6 Å². The van der Waals surface area contributed by atoms with Crippen molar-refractivity contribution in [2.45, 2.75) is 39.2 Å². The highest BCUT2D eigenvalue weighted by Crippen LogP contribution is 2.23. The molecule has 0 aliphatic heterocycles. The summed E-state index contributed by atoms with van der Waals surface area (Å²) in [7, 11) is 0. The van der Waals surface area contributed by atoms with Crippen LogP contribution < -0.4 is 0 Å². The Morgan fingerprint density at radius 1 is 1.09 bits per heavy atom. The number of hydrogen-bond donors (Lipinski definition) is 0. The quantitative estimate of drug-likeness (QED) is 0.642. The average Bonchev–Trinajstić information content (AvgIpc) is 3.02. The van der Waals surface area contributed by atoms with Gasteiger partial charge in [-0.25, -0.2) is 4.79 Å². The van der Waals surface area contributed by atoms with Crippen molar-refractivity contribution in [2.24, 2.45) is 0 Å². The van der Waals surface area contributed by atoms with Crippen LogP contribution in [0.25, 0.3) is 0 Å². The van der Waals surface area contributed by atoms with Gasteiger partial charge in [0.15, 0.2) is 6.10 Å². The second-order valence-corrected chi connectivity index (χ2v) is 5.94. The van der Waals surface area contributed by atoms with Crippen molar-refractivity contribution in [3.63, 3.8) is 0 Å². The van der Waals surface area contributed by atoms with Crippen LogP contribution in [0.3, 0.4) is 0 Å². The lowest BCUT2D eigenvalue weighted by Gasteiger charge is -2.13. The summed E-state index contributed by atoms with van der Waals surface area (Å²) in [6.07, 6.45) is 3.87. The van der Waals surface area contributed by atoms with E-state index < -0.39 is 12.1 Å². The summed E-state index contributed by atoms with van der Waals surface area (Å²) in [6.45, 7) is 3.45. The van der Waals surface area contributed by atoms with Gasteiger partial charge < -0.3 is 4.74 Å². The van der Waals surface area contributed by atoms with Crippen LogP contribution in [-0.4, -0.2) is 22.8 Å². The van der Waals surface area contributed by atoms with Gasteiger partial charge in [-0.2, -0.15) is 0 Å². The first kappa shape index (κ1) is 15.4. The number of ether oxygens (including phenoxy) is 1. The lowest BCUT2D eigenvalue weighted by atomic mass is 10.0. The van der Waals surface area contributed by atoms with E-state index in [1.165, 1.54) is 17.3 Å². The third-order valence-corrected chi connectivity index (χ3v) is 4.18. The number of Topliss-reactive ketones (excluding diaryl/α,β-unsaturated/α-hetero) is 1. The van der Waals surface area contributed by atoms with Crippen LogP contribution in [0.4, 0.5) is 0 Å². The topological polar surface area (TPSA) is 56.3 Å². The average molecular weight is 309 g/mol. The molecule has 2 aromatic rings. The molecule has 0 saturated heterocycles. The molecule has 0 saturated carbocycles. The molecule has 4 nitrogen and oxygen atoms in total. The van der Waals surface area contributed by atoms with Crippen LogP contribution in [0, 0.1) is 6.92 Å². The first-order valence-electron chi connectivity index (χ1n) is 7.84. The molecular weight excluding hydrogens is 290 g/mol. The predicted octanol–water partition coefficient (Wildman–Crippen LogP) is 3.31. The van der Waals surface area contributed by atoms with Gasteiger partial charge in [-0.1, -0.05) is 12.1 Å². The Balaban J connectivity index is 1.70. The molecule has 0 spiro atoms. The van der Waals surface area contributed by atoms with E-state index in [1.54, 1.807) is 19.1 Å². The van der Waals surface area contributed by atoms with E-state index in [1.807, 2.05) is 25.1 Å². The summed E-state index contributed by atoms with van der Waals surface area (Å²) in [6, 6.07) is 9.15. The Bertz CT molecular complexity index is 750. The van der Waals surface area contributed by atoms with Crippen molar-refractivity contribution in [1.29, 1.82) is 0 Å². The molecule has 1 aliphatic rings. The van der Waals surface area contributed by atoms with Crippen molar-refractivity contribution in [3.8, 4) is 0 Å². The van der Waals surface area contributed by atoms with E-state index in [0.29, 0.717) is 11.1 Å². The molecule has 0 N–H and O–H groups in total. The SMILES string of the molecule is Cc1ccc(C(=O)O[C@H](C)C(=O)c2ccc3c(c2)CCC3)cn1. The van der Waals surface area contributed by atoms with Crippen LogP contribution >= 0.6 is 0 Å². The number of esters is 1. The fourth-order valence-corrected chi connectivity index (χ4v) is 2.83. The van der Waals surface area contributed by atoms with Gasteiger partial charge in [0.05, 0.1) is 5.56 Å². The second kappa shape index (κ2) is 6.32. The minimum atomic E-state index is -0.816. The number of hydrogen-bond acceptors (Lipinski definition) is 4. The van der Waals surface area contributed by atoms with E-state index in [-0.39, 0.29) is 5.78 Å². The highest BCUT2D eigenvalue weighted by molar-refractivity contribution is 6.01. The van der Waals surface area contributed by atoms with Gasteiger partial charge in [0.25, 0.3) is 0 Å². The maximum absolute atomic E-state index is 12.5. The number of nitrogens with zero attached hydrogens (tertiary/aromatic N) is 1. The van der Waals surface area contributed by atoms with Crippen molar-refractivity contribution in [3.05, 3.63) is 64.5 Å². The molecule has 1 aliphatic carbocycles. The summed E-state index contributed by atoms with van der Waals surface area (Å²) in [4.78, 5) is 28.6. The molecule has 1 aromatic carbocycles. The first-order valence-corrected chi connectivity index (χ1v) is 7.84. The lowest BCUT2D eigenvalue weighted by molar-refractivity contribution is 0.0318. The summed E-state index contributed by atoms with van der Waals surface area (Å²) in [5.74, 6) is -0.701. The smallest absolute Gasteiger partial charge is 0.340 e. The normalized spacial score (nSPS) is 14.2. The highest BCUT2D eigenvalue weighted by Gasteiger charge is 2.22. The lowest BCUT2D eigenvalue weighted by Crippen LogP contribution is -2.24. The molecular formula is C19H19NO3. The van der Waals surface area contributed by atoms with E-state index in [0.717, 1.165) is 25.0 Å². The van der Waals surface area contributed by atoms with Crippen LogP contribution in [0.15, 0.2) is 36.5 Å². The number of aryl methyl sites for hydroxylation is 3. The Labute approximate surface area is 135 Å². The van der Waals surface area contributed by atoms with E-state index in [4.69, 9.17) is 4.74 Å². The number of fused-ring (bicyclic) bond motifs is 1. The predicted molar refractivity (Wildman–Crippen MR) is 86.6 cm³/mol. The zero-order valence-corrected chi connectivity index (χ0v) is 13.3. The molecule has 4 heteroatoms. The van der Waals surface area contributed by atoms with E-state index in [9.17, 15) is 9.59 Å². The first-order chi connectivity index (χ1) is 11.0. The third kappa shape index (κ3) is 3.31.